The first-order valence-corrected chi connectivity index (χ1v) is 6.39. The molecule has 8 heteroatoms. The maximum atomic E-state index is 12.1. The Kier molecular flexibility index (Phi) is 2.18. The molecule has 3 aliphatic rings. The van der Waals surface area contributed by atoms with Gasteiger partial charge in [0.15, 0.2) is 23.0 Å². The van der Waals surface area contributed by atoms with E-state index in [-0.39, 0.29) is 29.1 Å². The lowest BCUT2D eigenvalue weighted by molar-refractivity contribution is -0.144. The van der Waals surface area contributed by atoms with E-state index < -0.39 is 46.8 Å². The summed E-state index contributed by atoms with van der Waals surface area (Å²) in [5.74, 6) is -7.02. The van der Waals surface area contributed by atoms with Gasteiger partial charge in [-0.2, -0.15) is 0 Å². The zero-order chi connectivity index (χ0) is 15.8. The van der Waals surface area contributed by atoms with E-state index in [0.29, 0.717) is 0 Å². The summed E-state index contributed by atoms with van der Waals surface area (Å²) in [5, 5.41) is 29.3. The van der Waals surface area contributed by atoms with E-state index in [1.54, 1.807) is 0 Å². The molecule has 1 aliphatic carbocycles. The molecule has 2 unspecified atom stereocenters. The number of phenolic OH excluding ortho intramolecular Hbond substituents is 2. The minimum absolute atomic E-state index is 0.0845. The Hall–Kier alpha value is -3.03. The molecule has 0 aromatic heterocycles. The van der Waals surface area contributed by atoms with E-state index in [4.69, 9.17) is 9.47 Å². The monoisotopic (exact) mass is 304 g/mol. The summed E-state index contributed by atoms with van der Waals surface area (Å²) in [5.41, 5.74) is 0.0453. The third-order valence-corrected chi connectivity index (χ3v) is 4.10. The van der Waals surface area contributed by atoms with Gasteiger partial charge in [-0.15, -0.1) is 0 Å². The molecular formula is C14H8O8. The first kappa shape index (κ1) is 12.7. The number of ether oxygens (including phenoxy) is 2. The van der Waals surface area contributed by atoms with Crippen molar-refractivity contribution in [3.63, 3.8) is 0 Å². The van der Waals surface area contributed by atoms with Crippen LogP contribution in [0.25, 0.3) is 0 Å². The summed E-state index contributed by atoms with van der Waals surface area (Å²) >= 11 is 0. The molecule has 22 heavy (non-hydrogen) atoms. The summed E-state index contributed by atoms with van der Waals surface area (Å²) in [4.78, 5) is 35.8. The number of hydrogen-bond acceptors (Lipinski definition) is 8. The lowest BCUT2D eigenvalue weighted by atomic mass is 9.72. The zero-order valence-corrected chi connectivity index (χ0v) is 10.8. The molecule has 2 atom stereocenters. The molecule has 0 bridgehead atoms. The predicted octanol–water partition coefficient (Wildman–Crippen LogP) is 0.629. The van der Waals surface area contributed by atoms with E-state index in [1.807, 2.05) is 0 Å². The fourth-order valence-corrected chi connectivity index (χ4v) is 3.11. The van der Waals surface area contributed by atoms with Crippen molar-refractivity contribution in [2.45, 2.75) is 12.3 Å². The molecule has 1 aromatic carbocycles. The summed E-state index contributed by atoms with van der Waals surface area (Å²) in [7, 11) is 0. The molecule has 0 fully saturated rings. The summed E-state index contributed by atoms with van der Waals surface area (Å²) < 4.78 is 9.97. The third kappa shape index (κ3) is 1.33. The lowest BCUT2D eigenvalue weighted by Gasteiger charge is -2.38. The molecule has 2 heterocycles. The van der Waals surface area contributed by atoms with E-state index in [0.717, 1.165) is 6.07 Å². The first-order chi connectivity index (χ1) is 10.4. The first-order valence-electron chi connectivity index (χ1n) is 6.39. The molecule has 112 valence electrons. The van der Waals surface area contributed by atoms with Crippen LogP contribution >= 0.6 is 0 Å². The van der Waals surface area contributed by atoms with Gasteiger partial charge in [-0.05, 0) is 6.07 Å². The van der Waals surface area contributed by atoms with Gasteiger partial charge in [0.25, 0.3) is 0 Å². The Morgan fingerprint density at radius 2 is 1.82 bits per heavy atom. The van der Waals surface area contributed by atoms with E-state index >= 15 is 0 Å². The van der Waals surface area contributed by atoms with Crippen LogP contribution in [0.5, 0.6) is 17.2 Å². The minimum atomic E-state index is -0.957. The number of ketones is 1. The van der Waals surface area contributed by atoms with Crippen LogP contribution in [-0.2, 0) is 14.3 Å². The molecule has 8 nitrogen and oxygen atoms in total. The molecule has 0 saturated carbocycles. The number of aliphatic hydroxyl groups is 1. The third-order valence-electron chi connectivity index (χ3n) is 4.10. The highest BCUT2D eigenvalue weighted by Gasteiger charge is 2.53. The number of aromatic hydroxyl groups is 2. The van der Waals surface area contributed by atoms with Crippen molar-refractivity contribution in [3.05, 3.63) is 28.7 Å². The predicted molar refractivity (Wildman–Crippen MR) is 66.3 cm³/mol. The van der Waals surface area contributed by atoms with Gasteiger partial charge < -0.3 is 24.8 Å². The smallest absolute Gasteiger partial charge is 0.343 e. The van der Waals surface area contributed by atoms with Crippen molar-refractivity contribution >= 4 is 17.7 Å². The Bertz CT molecular complexity index is 819. The Morgan fingerprint density at radius 1 is 1.09 bits per heavy atom. The van der Waals surface area contributed by atoms with Crippen molar-refractivity contribution in [1.82, 2.24) is 0 Å². The number of allylic oxidation sites excluding steroid dienone is 2. The number of esters is 2. The SMILES string of the molecule is O=C1CC2C(=O)Oc3c(O)c(O)cc4c3C2C(=C1O)OC4=O. The highest BCUT2D eigenvalue weighted by molar-refractivity contribution is 6.04. The van der Waals surface area contributed by atoms with Crippen molar-refractivity contribution in [2.75, 3.05) is 0 Å². The average molecular weight is 304 g/mol. The Balaban J connectivity index is 2.11. The van der Waals surface area contributed by atoms with Crippen LogP contribution in [-0.4, -0.2) is 33.0 Å². The second-order valence-electron chi connectivity index (χ2n) is 5.27. The van der Waals surface area contributed by atoms with Crippen molar-refractivity contribution in [2.24, 2.45) is 5.92 Å². The zero-order valence-electron chi connectivity index (χ0n) is 10.8. The second kappa shape index (κ2) is 3.79. The van der Waals surface area contributed by atoms with E-state index in [9.17, 15) is 29.7 Å². The molecular weight excluding hydrogens is 296 g/mol. The van der Waals surface area contributed by atoms with Gasteiger partial charge in [0.1, 0.15) is 0 Å². The van der Waals surface area contributed by atoms with Gasteiger partial charge in [-0.3, -0.25) is 9.59 Å². The molecule has 2 aliphatic heterocycles. The molecule has 3 N–H and O–H groups in total. The average Bonchev–Trinajstić information content (AvgIpc) is 2.47. The number of carbonyl (C=O) groups excluding carboxylic acids is 3. The fraction of sp³-hybridized carbons (Fsp3) is 0.214. The number of carbonyl (C=O) groups is 3. The fourth-order valence-electron chi connectivity index (χ4n) is 3.11. The van der Waals surface area contributed by atoms with Gasteiger partial charge in [0.2, 0.25) is 11.5 Å². The van der Waals surface area contributed by atoms with Gasteiger partial charge in [-0.25, -0.2) is 4.79 Å². The molecule has 0 saturated heterocycles. The van der Waals surface area contributed by atoms with Crippen molar-refractivity contribution in [1.29, 1.82) is 0 Å². The second-order valence-corrected chi connectivity index (χ2v) is 5.27. The topological polar surface area (TPSA) is 130 Å². The maximum absolute atomic E-state index is 12.1. The van der Waals surface area contributed by atoms with Gasteiger partial charge in [0, 0.05) is 12.0 Å². The Morgan fingerprint density at radius 3 is 2.55 bits per heavy atom. The van der Waals surface area contributed by atoms with Crippen LogP contribution in [0.1, 0.15) is 28.3 Å². The molecule has 0 amide bonds. The van der Waals surface area contributed by atoms with Gasteiger partial charge in [0.05, 0.1) is 17.4 Å². The van der Waals surface area contributed by atoms with Gasteiger partial charge >= 0.3 is 11.9 Å². The summed E-state index contributed by atoms with van der Waals surface area (Å²) in [6.07, 6.45) is -0.295. The number of benzene rings is 1. The Labute approximate surface area is 122 Å². The number of aliphatic hydroxyl groups excluding tert-OH is 1. The number of Topliss-reactive ketones (excluding diaryl/α,β-unsaturated/α-hetero) is 1. The van der Waals surface area contributed by atoms with E-state index in [2.05, 4.69) is 0 Å². The molecule has 0 spiro atoms. The van der Waals surface area contributed by atoms with Crippen LogP contribution < -0.4 is 4.74 Å². The minimum Gasteiger partial charge on any atom is -0.504 e. The van der Waals surface area contributed by atoms with Crippen LogP contribution in [0.3, 0.4) is 0 Å². The number of hydrogen-bond donors (Lipinski definition) is 3. The van der Waals surface area contributed by atoms with Crippen LogP contribution in [0.15, 0.2) is 17.6 Å². The number of phenols is 2. The quantitative estimate of drug-likeness (QED) is 0.361. The van der Waals surface area contributed by atoms with Crippen LogP contribution in [0.4, 0.5) is 0 Å². The normalized spacial score (nSPS) is 25.5. The standard InChI is InChI=1S/C14H8O8/c15-5-1-3-7-8-4(14(20)22-11(7)9(5)17)2-6(16)10(18)12(8)21-13(3)19/h1,4,8,15,17-18H,2H2. The van der Waals surface area contributed by atoms with Crippen LogP contribution in [0, 0.1) is 5.92 Å². The largest absolute Gasteiger partial charge is 0.504 e. The highest BCUT2D eigenvalue weighted by atomic mass is 16.6. The van der Waals surface area contributed by atoms with Crippen molar-refractivity contribution < 1.29 is 39.2 Å². The lowest BCUT2D eigenvalue weighted by Crippen LogP contribution is -2.42. The van der Waals surface area contributed by atoms with Gasteiger partial charge in [-0.1, -0.05) is 0 Å². The highest BCUT2D eigenvalue weighted by Crippen LogP contribution is 2.55. The van der Waals surface area contributed by atoms with E-state index in [1.165, 1.54) is 0 Å². The van der Waals surface area contributed by atoms with Crippen molar-refractivity contribution in [3.8, 4) is 17.2 Å². The maximum Gasteiger partial charge on any atom is 0.343 e. The number of rotatable bonds is 0. The molecule has 0 radical (unpaired) electrons. The summed E-state index contributed by atoms with van der Waals surface area (Å²) in [6.45, 7) is 0. The summed E-state index contributed by atoms with van der Waals surface area (Å²) in [6, 6.07) is 0.997. The van der Waals surface area contributed by atoms with Crippen LogP contribution in [0.2, 0.25) is 0 Å². The molecule has 1 aromatic rings. The molecule has 4 rings (SSSR count).